The highest BCUT2D eigenvalue weighted by molar-refractivity contribution is 5.94. The Balaban J connectivity index is 0.00000225. The van der Waals surface area contributed by atoms with Crippen molar-refractivity contribution in [2.45, 2.75) is 26.2 Å². The molecular weight excluding hydrogens is 338 g/mol. The Labute approximate surface area is 156 Å². The number of amides is 2. The maximum Gasteiger partial charge on any atom is 0.253 e. The normalized spacial score (nSPS) is 17.6. The van der Waals surface area contributed by atoms with Crippen molar-refractivity contribution in [3.63, 3.8) is 0 Å². The van der Waals surface area contributed by atoms with Crippen molar-refractivity contribution in [2.24, 2.45) is 5.92 Å². The minimum absolute atomic E-state index is 0. The van der Waals surface area contributed by atoms with Crippen LogP contribution in [0.15, 0.2) is 24.3 Å². The average molecular weight is 366 g/mol. The number of nitrogens with zero attached hydrogens (tertiary/aromatic N) is 2. The van der Waals surface area contributed by atoms with Crippen LogP contribution < -0.4 is 5.32 Å². The standard InChI is InChI=1S/C19H27N3O2.ClH/c1-15-4-2-5-17(12-15)19(24)22-9-3-8-21(10-11-22)18(23)14-20-13-16-6-7-16;/h2,4-5,12,16,20H,3,6-11,13-14H2,1H3;1H. The smallest absolute Gasteiger partial charge is 0.253 e. The number of carbonyl (C=O) groups excluding carboxylic acids is 2. The summed E-state index contributed by atoms with van der Waals surface area (Å²) in [5.41, 5.74) is 1.83. The van der Waals surface area contributed by atoms with Gasteiger partial charge in [-0.3, -0.25) is 9.59 Å². The molecule has 1 heterocycles. The van der Waals surface area contributed by atoms with E-state index in [-0.39, 0.29) is 24.2 Å². The second-order valence-electron chi connectivity index (χ2n) is 6.97. The number of carbonyl (C=O) groups is 2. The zero-order chi connectivity index (χ0) is 16.9. The molecule has 2 amide bonds. The third-order valence-electron chi connectivity index (χ3n) is 4.81. The van der Waals surface area contributed by atoms with Crippen LogP contribution in [0.1, 0.15) is 35.2 Å². The molecule has 2 aliphatic rings. The fourth-order valence-electron chi connectivity index (χ4n) is 3.15. The molecule has 1 aliphatic heterocycles. The fourth-order valence-corrected chi connectivity index (χ4v) is 3.15. The van der Waals surface area contributed by atoms with Crippen LogP contribution in [0.25, 0.3) is 0 Å². The minimum atomic E-state index is 0. The lowest BCUT2D eigenvalue weighted by Crippen LogP contribution is -2.41. The molecule has 1 aromatic rings. The molecule has 1 saturated heterocycles. The van der Waals surface area contributed by atoms with Gasteiger partial charge in [0.2, 0.25) is 5.91 Å². The number of hydrogen-bond donors (Lipinski definition) is 1. The Kier molecular flexibility index (Phi) is 7.26. The van der Waals surface area contributed by atoms with E-state index in [1.165, 1.54) is 12.8 Å². The van der Waals surface area contributed by atoms with Gasteiger partial charge in [0, 0.05) is 31.7 Å². The maximum absolute atomic E-state index is 12.6. The van der Waals surface area contributed by atoms with Crippen molar-refractivity contribution in [2.75, 3.05) is 39.3 Å². The van der Waals surface area contributed by atoms with Gasteiger partial charge in [-0.25, -0.2) is 0 Å². The molecule has 1 saturated carbocycles. The summed E-state index contributed by atoms with van der Waals surface area (Å²) in [5.74, 6) is 1.00. The highest BCUT2D eigenvalue weighted by Gasteiger charge is 2.24. The first-order chi connectivity index (χ1) is 11.6. The van der Waals surface area contributed by atoms with Crippen LogP contribution in [0.2, 0.25) is 0 Å². The Morgan fingerprint density at radius 3 is 2.56 bits per heavy atom. The van der Waals surface area contributed by atoms with Crippen molar-refractivity contribution in [1.29, 1.82) is 0 Å². The number of benzene rings is 1. The molecule has 6 heteroatoms. The van der Waals surface area contributed by atoms with Crippen molar-refractivity contribution >= 4 is 24.2 Å². The summed E-state index contributed by atoms with van der Waals surface area (Å²) in [5, 5.41) is 3.26. The van der Waals surface area contributed by atoms with Crippen LogP contribution in [0.4, 0.5) is 0 Å². The molecule has 0 radical (unpaired) electrons. The predicted octanol–water partition coefficient (Wildman–Crippen LogP) is 2.09. The van der Waals surface area contributed by atoms with Gasteiger partial charge in [0.05, 0.1) is 6.54 Å². The summed E-state index contributed by atoms with van der Waals surface area (Å²) in [6.07, 6.45) is 3.42. The molecule has 0 aromatic heterocycles. The third kappa shape index (κ3) is 5.72. The predicted molar refractivity (Wildman–Crippen MR) is 101 cm³/mol. The summed E-state index contributed by atoms with van der Waals surface area (Å²) >= 11 is 0. The molecule has 0 spiro atoms. The van der Waals surface area contributed by atoms with Crippen molar-refractivity contribution in [3.05, 3.63) is 35.4 Å². The Morgan fingerprint density at radius 1 is 1.12 bits per heavy atom. The third-order valence-corrected chi connectivity index (χ3v) is 4.81. The number of aryl methyl sites for hydroxylation is 1. The zero-order valence-corrected chi connectivity index (χ0v) is 15.7. The SMILES string of the molecule is Cc1cccc(C(=O)N2CCCN(C(=O)CNCC3CC3)CC2)c1.Cl. The van der Waals surface area contributed by atoms with Gasteiger partial charge in [0.15, 0.2) is 0 Å². The van der Waals surface area contributed by atoms with Gasteiger partial charge in [-0.05, 0) is 50.8 Å². The quantitative estimate of drug-likeness (QED) is 0.869. The molecule has 3 rings (SSSR count). The highest BCUT2D eigenvalue weighted by atomic mass is 35.5. The van der Waals surface area contributed by atoms with Crippen molar-refractivity contribution < 1.29 is 9.59 Å². The van der Waals surface area contributed by atoms with E-state index < -0.39 is 0 Å². The van der Waals surface area contributed by atoms with Crippen LogP contribution in [0, 0.1) is 12.8 Å². The molecule has 2 fully saturated rings. The van der Waals surface area contributed by atoms with E-state index in [9.17, 15) is 9.59 Å². The van der Waals surface area contributed by atoms with E-state index in [1.807, 2.05) is 41.0 Å². The molecule has 1 aromatic carbocycles. The molecule has 25 heavy (non-hydrogen) atoms. The maximum atomic E-state index is 12.6. The highest BCUT2D eigenvalue weighted by Crippen LogP contribution is 2.27. The first-order valence-electron chi connectivity index (χ1n) is 8.98. The van der Waals surface area contributed by atoms with Gasteiger partial charge >= 0.3 is 0 Å². The number of halogens is 1. The second-order valence-corrected chi connectivity index (χ2v) is 6.97. The van der Waals surface area contributed by atoms with Crippen LogP contribution in [0.3, 0.4) is 0 Å². The molecule has 138 valence electrons. The van der Waals surface area contributed by atoms with E-state index in [4.69, 9.17) is 0 Å². The fraction of sp³-hybridized carbons (Fsp3) is 0.579. The molecule has 0 bridgehead atoms. The van der Waals surface area contributed by atoms with Crippen LogP contribution >= 0.6 is 12.4 Å². The molecular formula is C19H28ClN3O2. The van der Waals surface area contributed by atoms with Crippen molar-refractivity contribution in [3.8, 4) is 0 Å². The van der Waals surface area contributed by atoms with Gasteiger partial charge in [-0.2, -0.15) is 0 Å². The monoisotopic (exact) mass is 365 g/mol. The topological polar surface area (TPSA) is 52.7 Å². The van der Waals surface area contributed by atoms with E-state index in [0.29, 0.717) is 26.2 Å². The summed E-state index contributed by atoms with van der Waals surface area (Å²) in [7, 11) is 0. The zero-order valence-electron chi connectivity index (χ0n) is 14.9. The molecule has 1 aliphatic carbocycles. The van der Waals surface area contributed by atoms with Crippen molar-refractivity contribution in [1.82, 2.24) is 15.1 Å². The Hall–Kier alpha value is -1.59. The van der Waals surface area contributed by atoms with Gasteiger partial charge < -0.3 is 15.1 Å². The van der Waals surface area contributed by atoms with Gasteiger partial charge in [-0.1, -0.05) is 17.7 Å². The van der Waals surface area contributed by atoms with E-state index >= 15 is 0 Å². The van der Waals surface area contributed by atoms with Crippen LogP contribution in [-0.4, -0.2) is 60.9 Å². The molecule has 0 atom stereocenters. The Bertz CT molecular complexity index is 604. The van der Waals surface area contributed by atoms with Crippen LogP contribution in [0.5, 0.6) is 0 Å². The van der Waals surface area contributed by atoms with Gasteiger partial charge in [-0.15, -0.1) is 12.4 Å². The summed E-state index contributed by atoms with van der Waals surface area (Å²) in [6.45, 7) is 6.06. The largest absolute Gasteiger partial charge is 0.340 e. The lowest BCUT2D eigenvalue weighted by atomic mass is 10.1. The van der Waals surface area contributed by atoms with E-state index in [1.54, 1.807) is 0 Å². The minimum Gasteiger partial charge on any atom is -0.340 e. The summed E-state index contributed by atoms with van der Waals surface area (Å²) < 4.78 is 0. The summed E-state index contributed by atoms with van der Waals surface area (Å²) in [4.78, 5) is 28.7. The number of rotatable bonds is 5. The second kappa shape index (κ2) is 9.20. The lowest BCUT2D eigenvalue weighted by molar-refractivity contribution is -0.130. The Morgan fingerprint density at radius 2 is 1.84 bits per heavy atom. The summed E-state index contributed by atoms with van der Waals surface area (Å²) in [6, 6.07) is 7.71. The van der Waals surface area contributed by atoms with Crippen LogP contribution in [-0.2, 0) is 4.79 Å². The molecule has 1 N–H and O–H groups in total. The first kappa shape index (κ1) is 19.7. The number of hydrogen-bond acceptors (Lipinski definition) is 3. The lowest BCUT2D eigenvalue weighted by Gasteiger charge is -2.22. The number of nitrogens with one attached hydrogen (secondary N) is 1. The van der Waals surface area contributed by atoms with Gasteiger partial charge in [0.25, 0.3) is 5.91 Å². The first-order valence-corrected chi connectivity index (χ1v) is 8.98. The molecule has 5 nitrogen and oxygen atoms in total. The van der Waals surface area contributed by atoms with E-state index in [2.05, 4.69) is 5.32 Å². The average Bonchev–Trinajstić information content (AvgIpc) is 3.40. The van der Waals surface area contributed by atoms with Gasteiger partial charge in [0.1, 0.15) is 0 Å². The van der Waals surface area contributed by atoms with E-state index in [0.717, 1.165) is 36.6 Å². The molecule has 0 unspecified atom stereocenters.